The van der Waals surface area contributed by atoms with E-state index in [1.807, 2.05) is 37.3 Å². The van der Waals surface area contributed by atoms with Crippen LogP contribution in [-0.4, -0.2) is 26.9 Å². The van der Waals surface area contributed by atoms with E-state index in [-0.39, 0.29) is 0 Å². The highest BCUT2D eigenvalue weighted by molar-refractivity contribution is 5.68. The molecule has 0 atom stereocenters. The Morgan fingerprint density at radius 2 is 1.85 bits per heavy atom. The lowest BCUT2D eigenvalue weighted by Gasteiger charge is -2.03. The summed E-state index contributed by atoms with van der Waals surface area (Å²) in [7, 11) is 0. The molecule has 0 aliphatic carbocycles. The zero-order valence-corrected chi connectivity index (χ0v) is 15.5. The Morgan fingerprint density at radius 3 is 2.63 bits per heavy atom. The van der Waals surface area contributed by atoms with Crippen molar-refractivity contribution in [2.45, 2.75) is 20.8 Å². The van der Waals surface area contributed by atoms with Crippen LogP contribution in [-0.2, 0) is 0 Å². The van der Waals surface area contributed by atoms with E-state index in [0.717, 1.165) is 22.6 Å². The molecule has 0 unspecified atom stereocenters. The monoisotopic (exact) mass is 360 g/mol. The minimum atomic E-state index is 0.406. The van der Waals surface area contributed by atoms with Crippen LogP contribution in [0.5, 0.6) is 5.75 Å². The molecule has 0 spiro atoms. The fraction of sp³-hybridized carbons (Fsp3) is 0.190. The number of H-pyrrole nitrogens is 1. The Kier molecular flexibility index (Phi) is 4.46. The van der Waals surface area contributed by atoms with Crippen LogP contribution in [0.25, 0.3) is 34.2 Å². The van der Waals surface area contributed by atoms with E-state index in [1.165, 1.54) is 11.1 Å². The van der Waals surface area contributed by atoms with E-state index in [2.05, 4.69) is 52.4 Å². The molecule has 6 heteroatoms. The van der Waals surface area contributed by atoms with Crippen molar-refractivity contribution in [2.24, 2.45) is 0 Å². The first-order valence-electron chi connectivity index (χ1n) is 8.84. The van der Waals surface area contributed by atoms with Gasteiger partial charge in [-0.2, -0.15) is 10.1 Å². The van der Waals surface area contributed by atoms with Crippen LogP contribution < -0.4 is 4.74 Å². The van der Waals surface area contributed by atoms with Gasteiger partial charge in [-0.25, -0.2) is 0 Å². The van der Waals surface area contributed by atoms with Gasteiger partial charge in [0.05, 0.1) is 12.3 Å². The lowest BCUT2D eigenvalue weighted by molar-refractivity contribution is 0.340. The second-order valence-corrected chi connectivity index (χ2v) is 6.37. The van der Waals surface area contributed by atoms with E-state index < -0.39 is 0 Å². The minimum absolute atomic E-state index is 0.406. The number of ether oxygens (including phenoxy) is 1. The second kappa shape index (κ2) is 7.07. The van der Waals surface area contributed by atoms with Crippen molar-refractivity contribution in [3.8, 4) is 40.0 Å². The van der Waals surface area contributed by atoms with Gasteiger partial charge in [0.2, 0.25) is 5.82 Å². The fourth-order valence-corrected chi connectivity index (χ4v) is 2.90. The van der Waals surface area contributed by atoms with Gasteiger partial charge in [-0.1, -0.05) is 22.9 Å². The average Bonchev–Trinajstić information content (AvgIpc) is 3.34. The highest BCUT2D eigenvalue weighted by Gasteiger charge is 2.15. The summed E-state index contributed by atoms with van der Waals surface area (Å²) in [5, 5.41) is 11.5. The molecule has 0 bridgehead atoms. The van der Waals surface area contributed by atoms with E-state index >= 15 is 0 Å². The van der Waals surface area contributed by atoms with Gasteiger partial charge in [-0.3, -0.25) is 5.10 Å². The molecular formula is C21H20N4O2. The number of aromatic amines is 1. The number of nitrogens with zero attached hydrogens (tertiary/aromatic N) is 3. The summed E-state index contributed by atoms with van der Waals surface area (Å²) in [6.45, 7) is 6.72. The largest absolute Gasteiger partial charge is 0.494 e. The molecule has 0 saturated carbocycles. The van der Waals surface area contributed by atoms with E-state index in [9.17, 15) is 0 Å². The standard InChI is InChI=1S/C21H20N4O2/c1-4-26-16-9-7-15(8-10-16)20-22-21(27-25-20)19-12-18(23-24-19)17-11-13(2)5-6-14(17)3/h5-12H,4H2,1-3H3,(H,23,24). The van der Waals surface area contributed by atoms with Crippen LogP contribution in [0.4, 0.5) is 0 Å². The third kappa shape index (κ3) is 3.46. The van der Waals surface area contributed by atoms with Crippen molar-refractivity contribution in [2.75, 3.05) is 6.61 Å². The first-order chi connectivity index (χ1) is 13.1. The number of hydrogen-bond acceptors (Lipinski definition) is 5. The van der Waals surface area contributed by atoms with Crippen molar-refractivity contribution < 1.29 is 9.26 Å². The molecule has 6 nitrogen and oxygen atoms in total. The first kappa shape index (κ1) is 17.0. The van der Waals surface area contributed by atoms with Gasteiger partial charge in [0.15, 0.2) is 0 Å². The number of rotatable bonds is 5. The molecule has 136 valence electrons. The summed E-state index contributed by atoms with van der Waals surface area (Å²) in [5.41, 5.74) is 5.85. The molecule has 0 aliphatic rings. The molecule has 4 aromatic rings. The average molecular weight is 360 g/mol. The molecule has 0 saturated heterocycles. The van der Waals surface area contributed by atoms with Gasteiger partial charge >= 0.3 is 0 Å². The molecule has 0 fully saturated rings. The molecule has 2 aromatic heterocycles. The van der Waals surface area contributed by atoms with Crippen molar-refractivity contribution in [1.29, 1.82) is 0 Å². The molecule has 0 aliphatic heterocycles. The first-order valence-corrected chi connectivity index (χ1v) is 8.84. The maximum atomic E-state index is 5.46. The predicted molar refractivity (Wildman–Crippen MR) is 103 cm³/mol. The third-order valence-corrected chi connectivity index (χ3v) is 4.33. The Hall–Kier alpha value is -3.41. The van der Waals surface area contributed by atoms with Gasteiger partial charge in [0.1, 0.15) is 11.4 Å². The molecule has 27 heavy (non-hydrogen) atoms. The SMILES string of the molecule is CCOc1ccc(-c2noc(-c3cc(-c4cc(C)ccc4C)n[nH]3)n2)cc1. The molecular weight excluding hydrogens is 340 g/mol. The summed E-state index contributed by atoms with van der Waals surface area (Å²) in [6, 6.07) is 15.8. The zero-order valence-electron chi connectivity index (χ0n) is 15.5. The summed E-state index contributed by atoms with van der Waals surface area (Å²) < 4.78 is 10.9. The smallest absolute Gasteiger partial charge is 0.276 e. The summed E-state index contributed by atoms with van der Waals surface area (Å²) in [5.74, 6) is 1.75. The van der Waals surface area contributed by atoms with Crippen LogP contribution in [0.1, 0.15) is 18.1 Å². The molecule has 4 rings (SSSR count). The van der Waals surface area contributed by atoms with Gasteiger partial charge in [0.25, 0.3) is 5.89 Å². The van der Waals surface area contributed by atoms with E-state index in [0.29, 0.717) is 24.0 Å². The van der Waals surface area contributed by atoms with Crippen LogP contribution in [0.15, 0.2) is 53.1 Å². The topological polar surface area (TPSA) is 76.8 Å². The van der Waals surface area contributed by atoms with E-state index in [1.54, 1.807) is 0 Å². The number of nitrogens with one attached hydrogen (secondary N) is 1. The molecule has 0 radical (unpaired) electrons. The van der Waals surface area contributed by atoms with Crippen molar-refractivity contribution in [1.82, 2.24) is 20.3 Å². The van der Waals surface area contributed by atoms with Crippen LogP contribution >= 0.6 is 0 Å². The number of hydrogen-bond donors (Lipinski definition) is 1. The Balaban J connectivity index is 1.60. The highest BCUT2D eigenvalue weighted by Crippen LogP contribution is 2.28. The fourth-order valence-electron chi connectivity index (χ4n) is 2.90. The van der Waals surface area contributed by atoms with Gasteiger partial charge in [-0.15, -0.1) is 0 Å². The number of aromatic nitrogens is 4. The van der Waals surface area contributed by atoms with Crippen LogP contribution in [0.3, 0.4) is 0 Å². The third-order valence-electron chi connectivity index (χ3n) is 4.33. The van der Waals surface area contributed by atoms with Gasteiger partial charge in [0, 0.05) is 11.1 Å². The summed E-state index contributed by atoms with van der Waals surface area (Å²) in [6.07, 6.45) is 0. The Morgan fingerprint density at radius 1 is 1.04 bits per heavy atom. The van der Waals surface area contributed by atoms with Crippen molar-refractivity contribution in [3.05, 3.63) is 59.7 Å². The van der Waals surface area contributed by atoms with Gasteiger partial charge < -0.3 is 9.26 Å². The summed E-state index contributed by atoms with van der Waals surface area (Å²) >= 11 is 0. The highest BCUT2D eigenvalue weighted by atomic mass is 16.5. The number of benzene rings is 2. The Bertz CT molecular complexity index is 1060. The minimum Gasteiger partial charge on any atom is -0.494 e. The normalized spacial score (nSPS) is 10.9. The van der Waals surface area contributed by atoms with Crippen molar-refractivity contribution in [3.63, 3.8) is 0 Å². The zero-order chi connectivity index (χ0) is 18.8. The molecule has 1 N–H and O–H groups in total. The van der Waals surface area contributed by atoms with E-state index in [4.69, 9.17) is 9.26 Å². The molecule has 2 heterocycles. The second-order valence-electron chi connectivity index (χ2n) is 6.37. The lowest BCUT2D eigenvalue weighted by atomic mass is 10.0. The predicted octanol–water partition coefficient (Wildman–Crippen LogP) is 4.81. The lowest BCUT2D eigenvalue weighted by Crippen LogP contribution is -1.90. The Labute approximate surface area is 157 Å². The van der Waals surface area contributed by atoms with Crippen molar-refractivity contribution >= 4 is 0 Å². The maximum Gasteiger partial charge on any atom is 0.276 e. The summed E-state index contributed by atoms with van der Waals surface area (Å²) in [4.78, 5) is 4.48. The quantitative estimate of drug-likeness (QED) is 0.553. The molecule has 2 aromatic carbocycles. The van der Waals surface area contributed by atoms with Crippen LogP contribution in [0.2, 0.25) is 0 Å². The van der Waals surface area contributed by atoms with Crippen LogP contribution in [0, 0.1) is 13.8 Å². The number of aryl methyl sites for hydroxylation is 2. The van der Waals surface area contributed by atoms with Gasteiger partial charge in [-0.05, 0) is 62.7 Å². The maximum absolute atomic E-state index is 5.46. The molecule has 0 amide bonds.